The molecule has 1 aromatic carbocycles. The van der Waals surface area contributed by atoms with E-state index in [9.17, 15) is 14.0 Å². The van der Waals surface area contributed by atoms with Crippen molar-refractivity contribution in [2.45, 2.75) is 13.3 Å². The first-order valence-electron chi connectivity index (χ1n) is 5.10. The zero-order valence-electron chi connectivity index (χ0n) is 9.94. The van der Waals surface area contributed by atoms with Crippen molar-refractivity contribution in [1.29, 1.82) is 0 Å². The van der Waals surface area contributed by atoms with Gasteiger partial charge in [-0.05, 0) is 31.0 Å². The zero-order chi connectivity index (χ0) is 13.9. The Bertz CT molecular complexity index is 469. The van der Waals surface area contributed by atoms with Gasteiger partial charge >= 0.3 is 11.9 Å². The van der Waals surface area contributed by atoms with Crippen molar-refractivity contribution >= 4 is 11.9 Å². The summed E-state index contributed by atoms with van der Waals surface area (Å²) >= 11 is 0. The Morgan fingerprint density at radius 3 is 2.28 bits per heavy atom. The van der Waals surface area contributed by atoms with Crippen molar-refractivity contribution in [3.05, 3.63) is 29.6 Å². The van der Waals surface area contributed by atoms with Gasteiger partial charge in [0.15, 0.2) is 17.0 Å². The van der Waals surface area contributed by atoms with Crippen LogP contribution in [0.4, 0.5) is 4.39 Å². The number of methoxy groups -OCH3 is 1. The van der Waals surface area contributed by atoms with E-state index >= 15 is 0 Å². The molecule has 98 valence electrons. The molecule has 2 N–H and O–H groups in total. The van der Waals surface area contributed by atoms with Gasteiger partial charge in [0.2, 0.25) is 0 Å². The first kappa shape index (κ1) is 14.0. The van der Waals surface area contributed by atoms with Crippen molar-refractivity contribution in [2.24, 2.45) is 5.41 Å². The molecule has 0 aliphatic carbocycles. The summed E-state index contributed by atoms with van der Waals surface area (Å²) in [5.74, 6) is -3.57. The first-order valence-corrected chi connectivity index (χ1v) is 5.10. The summed E-state index contributed by atoms with van der Waals surface area (Å²) in [5.41, 5.74) is -1.71. The summed E-state index contributed by atoms with van der Waals surface area (Å²) in [6.45, 7) is 1.08. The summed E-state index contributed by atoms with van der Waals surface area (Å²) in [4.78, 5) is 22.0. The molecule has 0 aliphatic rings. The van der Waals surface area contributed by atoms with Crippen molar-refractivity contribution in [1.82, 2.24) is 0 Å². The minimum absolute atomic E-state index is 0.0195. The van der Waals surface area contributed by atoms with Crippen LogP contribution in [0.25, 0.3) is 0 Å². The molecule has 1 aromatic rings. The van der Waals surface area contributed by atoms with Crippen LogP contribution < -0.4 is 4.74 Å². The zero-order valence-corrected chi connectivity index (χ0v) is 9.94. The second-order valence-corrected chi connectivity index (χ2v) is 4.09. The highest BCUT2D eigenvalue weighted by atomic mass is 19.1. The molecule has 0 amide bonds. The van der Waals surface area contributed by atoms with Gasteiger partial charge in [-0.2, -0.15) is 0 Å². The van der Waals surface area contributed by atoms with Gasteiger partial charge in [-0.15, -0.1) is 0 Å². The fraction of sp³-hybridized carbons (Fsp3) is 0.333. The number of carboxylic acid groups (broad SMARTS) is 2. The molecule has 0 saturated carbocycles. The summed E-state index contributed by atoms with van der Waals surface area (Å²) in [6, 6.07) is 3.84. The average molecular weight is 256 g/mol. The summed E-state index contributed by atoms with van der Waals surface area (Å²) in [6.07, 6.45) is -0.307. The number of aliphatic carboxylic acids is 2. The summed E-state index contributed by atoms with van der Waals surface area (Å²) in [5, 5.41) is 17.9. The van der Waals surface area contributed by atoms with E-state index in [0.717, 1.165) is 13.0 Å². The Labute approximate surface area is 103 Å². The molecule has 1 rings (SSSR count). The van der Waals surface area contributed by atoms with Crippen LogP contribution in [0.15, 0.2) is 18.2 Å². The maximum atomic E-state index is 13.4. The molecular formula is C12H13FO5. The Balaban J connectivity index is 3.06. The summed E-state index contributed by atoms with van der Waals surface area (Å²) in [7, 11) is 1.30. The van der Waals surface area contributed by atoms with Gasteiger partial charge in [0.05, 0.1) is 7.11 Å². The maximum Gasteiger partial charge on any atom is 0.321 e. The van der Waals surface area contributed by atoms with Crippen molar-refractivity contribution in [3.8, 4) is 5.75 Å². The molecule has 0 atom stereocenters. The molecule has 0 radical (unpaired) electrons. The Kier molecular flexibility index (Phi) is 3.90. The smallest absolute Gasteiger partial charge is 0.321 e. The third kappa shape index (κ3) is 2.58. The Morgan fingerprint density at radius 2 is 1.89 bits per heavy atom. The first-order chi connectivity index (χ1) is 8.31. The van der Waals surface area contributed by atoms with Crippen LogP contribution in [0.5, 0.6) is 5.75 Å². The lowest BCUT2D eigenvalue weighted by Crippen LogP contribution is -2.38. The largest absolute Gasteiger partial charge is 0.494 e. The van der Waals surface area contributed by atoms with E-state index in [2.05, 4.69) is 0 Å². The van der Waals surface area contributed by atoms with Gasteiger partial charge in [0.25, 0.3) is 0 Å². The van der Waals surface area contributed by atoms with E-state index in [1.807, 2.05) is 0 Å². The maximum absolute atomic E-state index is 13.4. The number of hydrogen-bond donors (Lipinski definition) is 2. The van der Waals surface area contributed by atoms with Gasteiger partial charge < -0.3 is 14.9 Å². The second-order valence-electron chi connectivity index (χ2n) is 4.09. The van der Waals surface area contributed by atoms with Crippen LogP contribution in [0.2, 0.25) is 0 Å². The van der Waals surface area contributed by atoms with Crippen molar-refractivity contribution < 1.29 is 28.9 Å². The van der Waals surface area contributed by atoms with Crippen LogP contribution in [0.1, 0.15) is 12.5 Å². The number of hydrogen-bond acceptors (Lipinski definition) is 3. The standard InChI is InChI=1S/C12H13FO5/c1-12(10(14)15,11(16)17)6-7-3-4-9(18-2)8(13)5-7/h3-5H,6H2,1-2H3,(H,14,15)(H,16,17). The van der Waals surface area contributed by atoms with E-state index in [4.69, 9.17) is 14.9 Å². The van der Waals surface area contributed by atoms with E-state index in [1.165, 1.54) is 19.2 Å². The van der Waals surface area contributed by atoms with Crippen LogP contribution in [0.3, 0.4) is 0 Å². The van der Waals surface area contributed by atoms with Gasteiger partial charge in [-0.25, -0.2) is 4.39 Å². The highest BCUT2D eigenvalue weighted by Gasteiger charge is 2.41. The number of halogens is 1. The summed E-state index contributed by atoms with van der Waals surface area (Å²) < 4.78 is 18.1. The third-order valence-electron chi connectivity index (χ3n) is 2.72. The number of benzene rings is 1. The predicted octanol–water partition coefficient (Wildman–Crippen LogP) is 1.55. The molecule has 0 saturated heterocycles. The molecule has 0 unspecified atom stereocenters. The highest BCUT2D eigenvalue weighted by Crippen LogP contribution is 2.26. The number of ether oxygens (including phenoxy) is 1. The molecule has 0 aliphatic heterocycles. The van der Waals surface area contributed by atoms with Gasteiger partial charge in [0.1, 0.15) is 0 Å². The minimum atomic E-state index is -1.99. The SMILES string of the molecule is COc1ccc(CC(C)(C(=O)O)C(=O)O)cc1F. The van der Waals surface area contributed by atoms with Crippen molar-refractivity contribution in [3.63, 3.8) is 0 Å². The van der Waals surface area contributed by atoms with E-state index < -0.39 is 23.2 Å². The van der Waals surface area contributed by atoms with Crippen LogP contribution >= 0.6 is 0 Å². The van der Waals surface area contributed by atoms with E-state index in [-0.39, 0.29) is 17.7 Å². The fourth-order valence-electron chi connectivity index (χ4n) is 1.47. The number of rotatable bonds is 5. The molecule has 18 heavy (non-hydrogen) atoms. The highest BCUT2D eigenvalue weighted by molar-refractivity contribution is 5.98. The Morgan fingerprint density at radius 1 is 1.33 bits per heavy atom. The number of carbonyl (C=O) groups is 2. The normalized spacial score (nSPS) is 11.1. The lowest BCUT2D eigenvalue weighted by Gasteiger charge is -2.19. The van der Waals surface area contributed by atoms with Gasteiger partial charge in [-0.1, -0.05) is 6.07 Å². The molecule has 5 nitrogen and oxygen atoms in total. The molecule has 0 bridgehead atoms. The average Bonchev–Trinajstić information content (AvgIpc) is 2.28. The molecular weight excluding hydrogens is 243 g/mol. The second kappa shape index (κ2) is 5.03. The number of carboxylic acids is 2. The molecule has 0 aromatic heterocycles. The van der Waals surface area contributed by atoms with E-state index in [1.54, 1.807) is 0 Å². The van der Waals surface area contributed by atoms with Crippen LogP contribution in [0, 0.1) is 11.2 Å². The van der Waals surface area contributed by atoms with Gasteiger partial charge in [-0.3, -0.25) is 9.59 Å². The van der Waals surface area contributed by atoms with Crippen LogP contribution in [-0.4, -0.2) is 29.3 Å². The lowest BCUT2D eigenvalue weighted by molar-refractivity contribution is -0.163. The fourth-order valence-corrected chi connectivity index (χ4v) is 1.47. The van der Waals surface area contributed by atoms with Crippen molar-refractivity contribution in [2.75, 3.05) is 7.11 Å². The van der Waals surface area contributed by atoms with E-state index in [0.29, 0.717) is 0 Å². The Hall–Kier alpha value is -2.11. The minimum Gasteiger partial charge on any atom is -0.494 e. The molecule has 0 fully saturated rings. The van der Waals surface area contributed by atoms with Crippen LogP contribution in [-0.2, 0) is 16.0 Å². The lowest BCUT2D eigenvalue weighted by atomic mass is 9.84. The monoisotopic (exact) mass is 256 g/mol. The molecule has 0 spiro atoms. The molecule has 6 heteroatoms. The molecule has 0 heterocycles. The quantitative estimate of drug-likeness (QED) is 0.781. The predicted molar refractivity (Wildman–Crippen MR) is 60.0 cm³/mol. The van der Waals surface area contributed by atoms with Gasteiger partial charge in [0, 0.05) is 0 Å². The topological polar surface area (TPSA) is 83.8 Å². The third-order valence-corrected chi connectivity index (χ3v) is 2.72.